The van der Waals surface area contributed by atoms with Gasteiger partial charge in [-0.15, -0.1) is 0 Å². The molecule has 3 rings (SSSR count). The minimum Gasteiger partial charge on any atom is -0.368 e. The minimum absolute atomic E-state index is 0.672. The topological polar surface area (TPSA) is 23.6 Å². The summed E-state index contributed by atoms with van der Waals surface area (Å²) in [6.07, 6.45) is 4.95. The lowest BCUT2D eigenvalue weighted by atomic mass is 9.99. The van der Waals surface area contributed by atoms with Gasteiger partial charge in [0.15, 0.2) is 6.29 Å². The molecular weight excluding hydrogens is 304 g/mol. The van der Waals surface area contributed by atoms with Gasteiger partial charge in [0, 0.05) is 41.4 Å². The van der Waals surface area contributed by atoms with Crippen LogP contribution in [0.1, 0.15) is 29.6 Å². The van der Waals surface area contributed by atoms with Gasteiger partial charge >= 0.3 is 0 Å². The zero-order chi connectivity index (χ0) is 13.2. The number of carbonyl (C=O) groups is 1. The van der Waals surface area contributed by atoms with Gasteiger partial charge < -0.3 is 4.90 Å². The molecule has 0 saturated carbocycles. The first-order valence-electron chi connectivity index (χ1n) is 7.01. The van der Waals surface area contributed by atoms with Gasteiger partial charge in [-0.25, -0.2) is 0 Å². The lowest BCUT2D eigenvalue weighted by Gasteiger charge is -2.45. The molecule has 0 N–H and O–H groups in total. The van der Waals surface area contributed by atoms with E-state index < -0.39 is 0 Å². The average Bonchev–Trinajstić information content (AvgIpc) is 2.46. The van der Waals surface area contributed by atoms with Crippen molar-refractivity contribution in [1.29, 1.82) is 0 Å². The van der Waals surface area contributed by atoms with Crippen molar-refractivity contribution >= 4 is 27.9 Å². The van der Waals surface area contributed by atoms with Crippen molar-refractivity contribution in [3.63, 3.8) is 0 Å². The van der Waals surface area contributed by atoms with Crippen molar-refractivity contribution in [3.8, 4) is 0 Å². The summed E-state index contributed by atoms with van der Waals surface area (Å²) in [4.78, 5) is 16.2. The van der Waals surface area contributed by atoms with Gasteiger partial charge in [-0.05, 0) is 37.6 Å². The predicted molar refractivity (Wildman–Crippen MR) is 81.0 cm³/mol. The molecule has 0 radical (unpaired) electrons. The number of nitrogens with zero attached hydrogens (tertiary/aromatic N) is 2. The third-order valence-electron chi connectivity index (χ3n) is 4.29. The second kappa shape index (κ2) is 5.63. The Morgan fingerprint density at radius 1 is 1.21 bits per heavy atom. The second-order valence-electron chi connectivity index (χ2n) is 5.45. The predicted octanol–water partition coefficient (Wildman–Crippen LogP) is 2.94. The maximum Gasteiger partial charge on any atom is 0.152 e. The van der Waals surface area contributed by atoms with Crippen LogP contribution in [0.2, 0.25) is 0 Å². The molecule has 19 heavy (non-hydrogen) atoms. The van der Waals surface area contributed by atoms with Gasteiger partial charge in [-0.1, -0.05) is 22.4 Å². The number of rotatable bonds is 2. The molecule has 0 aromatic heterocycles. The fourth-order valence-electron chi connectivity index (χ4n) is 3.28. The van der Waals surface area contributed by atoms with Crippen LogP contribution in [0.5, 0.6) is 0 Å². The number of aldehydes is 1. The number of benzene rings is 1. The van der Waals surface area contributed by atoms with Crippen LogP contribution >= 0.6 is 15.9 Å². The van der Waals surface area contributed by atoms with E-state index in [0.29, 0.717) is 6.04 Å². The normalized spacial score (nSPS) is 24.1. The average molecular weight is 323 g/mol. The zero-order valence-electron chi connectivity index (χ0n) is 11.0. The molecule has 0 amide bonds. The van der Waals surface area contributed by atoms with Gasteiger partial charge in [0.2, 0.25) is 0 Å². The number of carbonyl (C=O) groups excluding carboxylic acids is 1. The molecule has 4 heteroatoms. The number of hydrogen-bond donors (Lipinski definition) is 0. The number of anilines is 1. The lowest BCUT2D eigenvalue weighted by Crippen LogP contribution is -2.55. The van der Waals surface area contributed by atoms with Crippen molar-refractivity contribution in [2.45, 2.75) is 25.3 Å². The third-order valence-corrected chi connectivity index (χ3v) is 4.79. The van der Waals surface area contributed by atoms with Crippen molar-refractivity contribution in [3.05, 3.63) is 28.2 Å². The molecule has 1 unspecified atom stereocenters. The fourth-order valence-corrected chi connectivity index (χ4v) is 3.66. The second-order valence-corrected chi connectivity index (χ2v) is 6.37. The largest absolute Gasteiger partial charge is 0.368 e. The Morgan fingerprint density at radius 3 is 2.95 bits per heavy atom. The van der Waals surface area contributed by atoms with E-state index >= 15 is 0 Å². The summed E-state index contributed by atoms with van der Waals surface area (Å²) < 4.78 is 0.967. The summed E-state index contributed by atoms with van der Waals surface area (Å²) in [6.45, 7) is 4.46. The van der Waals surface area contributed by atoms with Gasteiger partial charge in [0.1, 0.15) is 0 Å². The highest BCUT2D eigenvalue weighted by atomic mass is 79.9. The quantitative estimate of drug-likeness (QED) is 0.782. The first kappa shape index (κ1) is 13.1. The molecule has 3 nitrogen and oxygen atoms in total. The molecule has 0 bridgehead atoms. The Balaban J connectivity index is 1.81. The van der Waals surface area contributed by atoms with Crippen LogP contribution in [0, 0.1) is 0 Å². The van der Waals surface area contributed by atoms with E-state index in [2.05, 4.69) is 31.8 Å². The van der Waals surface area contributed by atoms with E-state index in [9.17, 15) is 4.79 Å². The van der Waals surface area contributed by atoms with Crippen LogP contribution in [0.25, 0.3) is 0 Å². The molecule has 0 aliphatic carbocycles. The molecule has 2 fully saturated rings. The van der Waals surface area contributed by atoms with Crippen molar-refractivity contribution in [2.75, 3.05) is 31.1 Å². The van der Waals surface area contributed by atoms with Gasteiger partial charge in [-0.3, -0.25) is 9.69 Å². The summed E-state index contributed by atoms with van der Waals surface area (Å²) in [5.41, 5.74) is 1.88. The number of hydrogen-bond acceptors (Lipinski definition) is 3. The van der Waals surface area contributed by atoms with Crippen molar-refractivity contribution in [2.24, 2.45) is 0 Å². The molecule has 1 atom stereocenters. The summed E-state index contributed by atoms with van der Waals surface area (Å²) in [5, 5.41) is 0. The Morgan fingerprint density at radius 2 is 2.11 bits per heavy atom. The molecule has 2 aliphatic heterocycles. The Bertz CT molecular complexity index is 477. The van der Waals surface area contributed by atoms with Crippen LogP contribution in [0.3, 0.4) is 0 Å². The summed E-state index contributed by atoms with van der Waals surface area (Å²) in [5.74, 6) is 0. The van der Waals surface area contributed by atoms with Gasteiger partial charge in [0.05, 0.1) is 0 Å². The lowest BCUT2D eigenvalue weighted by molar-refractivity contribution is 0.112. The summed E-state index contributed by atoms with van der Waals surface area (Å²) in [7, 11) is 0. The van der Waals surface area contributed by atoms with Gasteiger partial charge in [0.25, 0.3) is 0 Å². The third kappa shape index (κ3) is 2.70. The molecular formula is C15H19BrN2O. The fraction of sp³-hybridized carbons (Fsp3) is 0.533. The number of fused-ring (bicyclic) bond motifs is 1. The first-order valence-corrected chi connectivity index (χ1v) is 7.81. The van der Waals surface area contributed by atoms with E-state index in [1.54, 1.807) is 0 Å². The standard InChI is InChI=1S/C15H19BrN2O/c16-13-4-5-15(12(9-13)11-19)18-8-7-17-6-2-1-3-14(17)10-18/h4-5,9,11,14H,1-3,6-8,10H2. The highest BCUT2D eigenvalue weighted by Crippen LogP contribution is 2.28. The summed E-state index contributed by atoms with van der Waals surface area (Å²) >= 11 is 3.43. The van der Waals surface area contributed by atoms with E-state index in [1.165, 1.54) is 25.8 Å². The van der Waals surface area contributed by atoms with Crippen LogP contribution < -0.4 is 4.90 Å². The molecule has 1 aromatic carbocycles. The molecule has 1 aromatic rings. The molecule has 0 spiro atoms. The first-order chi connectivity index (χ1) is 9.28. The Hall–Kier alpha value is -0.870. The molecule has 2 saturated heterocycles. The van der Waals surface area contributed by atoms with Crippen LogP contribution in [0.4, 0.5) is 5.69 Å². The van der Waals surface area contributed by atoms with Crippen LogP contribution in [-0.2, 0) is 0 Å². The maximum atomic E-state index is 11.2. The minimum atomic E-state index is 0.672. The smallest absolute Gasteiger partial charge is 0.152 e. The van der Waals surface area contributed by atoms with E-state index in [4.69, 9.17) is 0 Å². The number of piperazine rings is 1. The van der Waals surface area contributed by atoms with Crippen LogP contribution in [0.15, 0.2) is 22.7 Å². The van der Waals surface area contributed by atoms with E-state index in [1.807, 2.05) is 12.1 Å². The van der Waals surface area contributed by atoms with Gasteiger partial charge in [-0.2, -0.15) is 0 Å². The Kier molecular flexibility index (Phi) is 3.89. The van der Waals surface area contributed by atoms with E-state index in [0.717, 1.165) is 41.6 Å². The SMILES string of the molecule is O=Cc1cc(Br)ccc1N1CCN2CCCCC2C1. The van der Waals surface area contributed by atoms with Crippen molar-refractivity contribution < 1.29 is 4.79 Å². The zero-order valence-corrected chi connectivity index (χ0v) is 12.6. The van der Waals surface area contributed by atoms with Crippen molar-refractivity contribution in [1.82, 2.24) is 4.90 Å². The number of halogens is 1. The van der Waals surface area contributed by atoms with E-state index in [-0.39, 0.29) is 0 Å². The summed E-state index contributed by atoms with van der Waals surface area (Å²) in [6, 6.07) is 6.67. The number of piperidine rings is 1. The highest BCUT2D eigenvalue weighted by Gasteiger charge is 2.29. The highest BCUT2D eigenvalue weighted by molar-refractivity contribution is 9.10. The molecule has 2 heterocycles. The van der Waals surface area contributed by atoms with Crippen LogP contribution in [-0.4, -0.2) is 43.4 Å². The maximum absolute atomic E-state index is 11.2. The monoisotopic (exact) mass is 322 g/mol. The Labute approximate surface area is 122 Å². The molecule has 102 valence electrons. The molecule has 2 aliphatic rings.